The van der Waals surface area contributed by atoms with Gasteiger partial charge in [-0.3, -0.25) is 0 Å². The van der Waals surface area contributed by atoms with Gasteiger partial charge in [-0.25, -0.2) is 14.5 Å². The number of amides is 2. The molecule has 0 radical (unpaired) electrons. The summed E-state index contributed by atoms with van der Waals surface area (Å²) in [6.45, 7) is 12.2. The number of alkyl halides is 3. The topological polar surface area (TPSA) is 84.6 Å². The molecule has 12 heteroatoms. The van der Waals surface area contributed by atoms with E-state index in [1.54, 1.807) is 11.8 Å². The minimum atomic E-state index is -4.76. The van der Waals surface area contributed by atoms with Crippen molar-refractivity contribution < 1.29 is 22.7 Å². The average Bonchev–Trinajstić information content (AvgIpc) is 3.55. The van der Waals surface area contributed by atoms with Crippen molar-refractivity contribution in [2.75, 3.05) is 10.7 Å². The minimum absolute atomic E-state index is 0.201. The first-order valence-corrected chi connectivity index (χ1v) is 15.0. The van der Waals surface area contributed by atoms with Gasteiger partial charge >= 0.3 is 12.4 Å². The number of aryl methyl sites for hydroxylation is 3. The number of benzene rings is 3. The first-order valence-electron chi connectivity index (χ1n) is 14.0. The van der Waals surface area contributed by atoms with Gasteiger partial charge < -0.3 is 15.0 Å². The molecule has 44 heavy (non-hydrogen) atoms. The van der Waals surface area contributed by atoms with Crippen LogP contribution in [0, 0.1) is 20.8 Å². The van der Waals surface area contributed by atoms with Crippen molar-refractivity contribution >= 4 is 28.6 Å². The molecule has 1 fully saturated rings. The Balaban J connectivity index is 1.28. The molecule has 1 atom stereocenters. The second-order valence-electron chi connectivity index (χ2n) is 11.4. The van der Waals surface area contributed by atoms with Gasteiger partial charge in [-0.05, 0) is 82.5 Å². The van der Waals surface area contributed by atoms with Crippen LogP contribution in [-0.4, -0.2) is 44.1 Å². The quantitative estimate of drug-likeness (QED) is 0.237. The Morgan fingerprint density at radius 3 is 2.27 bits per heavy atom. The van der Waals surface area contributed by atoms with E-state index in [1.165, 1.54) is 40.8 Å². The Kier molecular flexibility index (Phi) is 8.48. The third kappa shape index (κ3) is 6.91. The number of nitrogens with zero attached hydrogens (tertiary/aromatic N) is 5. The number of nitrogens with one attached hydrogen (secondary N) is 1. The van der Waals surface area contributed by atoms with Crippen LogP contribution in [0.5, 0.6) is 5.75 Å². The summed E-state index contributed by atoms with van der Waals surface area (Å²) in [5, 5.41) is 8.18. The maximum Gasteiger partial charge on any atom is 0.573 e. The number of carbonyl (C=O) groups excluding carboxylic acids is 1. The summed E-state index contributed by atoms with van der Waals surface area (Å²) in [6.07, 6.45) is -3.27. The molecular weight excluding hydrogens is 589 g/mol. The summed E-state index contributed by atoms with van der Waals surface area (Å²) < 4.78 is 42.7. The van der Waals surface area contributed by atoms with Gasteiger partial charge in [-0.1, -0.05) is 53.7 Å². The number of hydrogen-bond donors (Lipinski definition) is 1. The van der Waals surface area contributed by atoms with Crippen LogP contribution in [-0.2, 0) is 5.54 Å². The number of rotatable bonds is 6. The van der Waals surface area contributed by atoms with E-state index in [4.69, 9.17) is 0 Å². The van der Waals surface area contributed by atoms with E-state index in [-0.39, 0.29) is 11.8 Å². The number of urea groups is 1. The molecule has 2 heterocycles. The molecule has 0 saturated carbocycles. The first kappa shape index (κ1) is 31.1. The van der Waals surface area contributed by atoms with Gasteiger partial charge in [0.05, 0.1) is 11.2 Å². The molecular formula is C32H33F3N6O2S. The summed E-state index contributed by atoms with van der Waals surface area (Å²) in [4.78, 5) is 24.2. The lowest BCUT2D eigenvalue weighted by Crippen LogP contribution is -2.41. The maximum atomic E-state index is 13.2. The molecule has 1 aromatic heterocycles. The molecule has 1 unspecified atom stereocenters. The molecule has 3 aromatic carbocycles. The molecule has 2 amide bonds. The van der Waals surface area contributed by atoms with Crippen LogP contribution in [0.15, 0.2) is 72.0 Å². The van der Waals surface area contributed by atoms with Gasteiger partial charge in [0.2, 0.25) is 0 Å². The Morgan fingerprint density at radius 1 is 1.02 bits per heavy atom. The van der Waals surface area contributed by atoms with Crippen LogP contribution in [0.4, 0.5) is 23.7 Å². The number of hydrogen-bond acceptors (Lipinski definition) is 5. The SMILES string of the molecule is Cc1cc(C)c(N2C(=NC(=O)NC(C)(C)c3ccc(-c4ncn(-c5ccc(OC(F)(F)F)cc5)n4)cc3)SCC2C)c(C)c1. The third-order valence-corrected chi connectivity index (χ3v) is 8.48. The highest BCUT2D eigenvalue weighted by atomic mass is 32.2. The van der Waals surface area contributed by atoms with Gasteiger partial charge in [0.25, 0.3) is 0 Å². The molecule has 0 bridgehead atoms. The number of aliphatic imine (C=N–C) groups is 1. The van der Waals surface area contributed by atoms with E-state index in [1.807, 2.05) is 38.1 Å². The summed E-state index contributed by atoms with van der Waals surface area (Å²) in [6, 6.07) is 16.9. The van der Waals surface area contributed by atoms with Gasteiger partial charge in [0, 0.05) is 23.0 Å². The molecule has 1 saturated heterocycles. The van der Waals surface area contributed by atoms with Gasteiger partial charge in [0.15, 0.2) is 11.0 Å². The highest BCUT2D eigenvalue weighted by Crippen LogP contribution is 2.35. The number of halogens is 3. The number of thioether (sulfide) groups is 1. The van der Waals surface area contributed by atoms with Crippen molar-refractivity contribution in [1.82, 2.24) is 20.1 Å². The number of aromatic nitrogens is 3. The molecule has 0 aliphatic carbocycles. The fourth-order valence-corrected chi connectivity index (χ4v) is 6.39. The zero-order valence-corrected chi connectivity index (χ0v) is 26.0. The normalized spacial score (nSPS) is 16.4. The second kappa shape index (κ2) is 12.0. The van der Waals surface area contributed by atoms with Gasteiger partial charge in [0.1, 0.15) is 12.1 Å². The van der Waals surface area contributed by atoms with Crippen LogP contribution in [0.3, 0.4) is 0 Å². The second-order valence-corrected chi connectivity index (χ2v) is 12.3. The monoisotopic (exact) mass is 622 g/mol. The fourth-order valence-electron chi connectivity index (χ4n) is 5.29. The van der Waals surface area contributed by atoms with E-state index in [0.717, 1.165) is 33.7 Å². The van der Waals surface area contributed by atoms with Crippen molar-refractivity contribution in [3.63, 3.8) is 0 Å². The molecule has 1 N–H and O–H groups in total. The lowest BCUT2D eigenvalue weighted by Gasteiger charge is -2.28. The van der Waals surface area contributed by atoms with Crippen LogP contribution in [0.1, 0.15) is 43.0 Å². The predicted octanol–water partition coefficient (Wildman–Crippen LogP) is 7.70. The van der Waals surface area contributed by atoms with Crippen molar-refractivity contribution in [3.8, 4) is 22.8 Å². The summed E-state index contributed by atoms with van der Waals surface area (Å²) in [5.74, 6) is 0.962. The van der Waals surface area contributed by atoms with Crippen LogP contribution < -0.4 is 15.0 Å². The standard InChI is InChI=1S/C32H33F3N6O2S/c1-19-15-20(2)27(21(3)16-19)41-22(4)17-44-30(41)37-29(42)38-31(5,6)24-9-7-23(8-10-24)28-36-18-40(39-28)25-11-13-26(14-12-25)43-32(33,34)35/h7-16,18,22H,17H2,1-6H3,(H,38,42). The molecule has 1 aliphatic rings. The van der Waals surface area contributed by atoms with E-state index < -0.39 is 17.9 Å². The van der Waals surface area contributed by atoms with Crippen LogP contribution in [0.2, 0.25) is 0 Å². The van der Waals surface area contributed by atoms with Gasteiger partial charge in [-0.15, -0.1) is 18.3 Å². The van der Waals surface area contributed by atoms with E-state index in [0.29, 0.717) is 16.7 Å². The number of amidine groups is 1. The lowest BCUT2D eigenvalue weighted by molar-refractivity contribution is -0.274. The maximum absolute atomic E-state index is 13.2. The van der Waals surface area contributed by atoms with Gasteiger partial charge in [-0.2, -0.15) is 4.99 Å². The summed E-state index contributed by atoms with van der Waals surface area (Å²) >= 11 is 1.58. The number of ether oxygens (including phenoxy) is 1. The Bertz CT molecular complexity index is 1680. The van der Waals surface area contributed by atoms with E-state index >= 15 is 0 Å². The van der Waals surface area contributed by atoms with Crippen molar-refractivity contribution in [1.29, 1.82) is 0 Å². The molecule has 4 aromatic rings. The van der Waals surface area contributed by atoms with Crippen LogP contribution in [0.25, 0.3) is 17.1 Å². The molecule has 1 aliphatic heterocycles. The Hall–Kier alpha value is -4.32. The van der Waals surface area contributed by atoms with Crippen molar-refractivity contribution in [3.05, 3.63) is 89.2 Å². The first-order chi connectivity index (χ1) is 20.7. The van der Waals surface area contributed by atoms with E-state index in [9.17, 15) is 18.0 Å². The minimum Gasteiger partial charge on any atom is -0.406 e. The molecule has 0 spiro atoms. The Labute approximate surface area is 258 Å². The largest absolute Gasteiger partial charge is 0.573 e. The zero-order chi connectivity index (χ0) is 31.8. The van der Waals surface area contributed by atoms with Crippen molar-refractivity contribution in [2.45, 2.75) is 59.5 Å². The van der Waals surface area contributed by atoms with Crippen molar-refractivity contribution in [2.24, 2.45) is 4.99 Å². The highest BCUT2D eigenvalue weighted by Gasteiger charge is 2.32. The smallest absolute Gasteiger partial charge is 0.406 e. The lowest BCUT2D eigenvalue weighted by atomic mass is 9.93. The average molecular weight is 623 g/mol. The number of anilines is 1. The zero-order valence-electron chi connectivity index (χ0n) is 25.2. The summed E-state index contributed by atoms with van der Waals surface area (Å²) in [5.41, 5.74) is 6.01. The number of carbonyl (C=O) groups is 1. The van der Waals surface area contributed by atoms with Crippen LogP contribution >= 0.6 is 11.8 Å². The summed E-state index contributed by atoms with van der Waals surface area (Å²) in [7, 11) is 0. The molecule has 8 nitrogen and oxygen atoms in total. The fraction of sp³-hybridized carbons (Fsp3) is 0.312. The predicted molar refractivity (Wildman–Crippen MR) is 168 cm³/mol. The molecule has 230 valence electrons. The molecule has 5 rings (SSSR count). The van der Waals surface area contributed by atoms with E-state index in [2.05, 4.69) is 69.9 Å². The Morgan fingerprint density at radius 2 is 1.66 bits per heavy atom. The third-order valence-electron chi connectivity index (χ3n) is 7.28. The highest BCUT2D eigenvalue weighted by molar-refractivity contribution is 8.14.